The highest BCUT2D eigenvalue weighted by atomic mass is 28.4. The SMILES string of the molecule is CCN(CC)CC1=C[C@@H](O[Si](C)(C)C(C)(C)C)CC1=O. The summed E-state index contributed by atoms with van der Waals surface area (Å²) in [4.78, 5) is 14.4. The van der Waals surface area contributed by atoms with Gasteiger partial charge in [-0.3, -0.25) is 9.69 Å². The first-order chi connectivity index (χ1) is 9.10. The van der Waals surface area contributed by atoms with Gasteiger partial charge < -0.3 is 4.43 Å². The van der Waals surface area contributed by atoms with Gasteiger partial charge in [-0.2, -0.15) is 0 Å². The molecule has 1 rings (SSSR count). The third kappa shape index (κ3) is 4.27. The summed E-state index contributed by atoms with van der Waals surface area (Å²) >= 11 is 0. The molecule has 0 fully saturated rings. The molecule has 0 aromatic carbocycles. The van der Waals surface area contributed by atoms with Gasteiger partial charge in [0.05, 0.1) is 6.10 Å². The lowest BCUT2D eigenvalue weighted by atomic mass is 10.2. The molecule has 116 valence electrons. The van der Waals surface area contributed by atoms with Crippen LogP contribution < -0.4 is 0 Å². The Balaban J connectivity index is 2.72. The Hall–Kier alpha value is -0.453. The van der Waals surface area contributed by atoms with Crippen molar-refractivity contribution in [2.75, 3.05) is 19.6 Å². The third-order valence-corrected chi connectivity index (χ3v) is 9.18. The van der Waals surface area contributed by atoms with Crippen LogP contribution in [-0.4, -0.2) is 44.7 Å². The van der Waals surface area contributed by atoms with Crippen molar-refractivity contribution in [3.8, 4) is 0 Å². The van der Waals surface area contributed by atoms with Gasteiger partial charge in [0.1, 0.15) is 0 Å². The first kappa shape index (κ1) is 17.6. The van der Waals surface area contributed by atoms with E-state index < -0.39 is 8.32 Å². The summed E-state index contributed by atoms with van der Waals surface area (Å²) in [5.41, 5.74) is 0.942. The maximum atomic E-state index is 12.1. The summed E-state index contributed by atoms with van der Waals surface area (Å²) in [6, 6.07) is 0. The Labute approximate surface area is 125 Å². The molecule has 0 radical (unpaired) electrons. The molecular weight excluding hydrogens is 266 g/mol. The summed E-state index contributed by atoms with van der Waals surface area (Å²) < 4.78 is 6.34. The van der Waals surface area contributed by atoms with Crippen LogP contribution in [0.4, 0.5) is 0 Å². The quantitative estimate of drug-likeness (QED) is 0.701. The second kappa shape index (κ2) is 6.54. The normalized spacial score (nSPS) is 20.7. The van der Waals surface area contributed by atoms with E-state index in [1.165, 1.54) is 0 Å². The fourth-order valence-electron chi connectivity index (χ4n) is 2.15. The molecule has 0 aliphatic heterocycles. The molecule has 0 aromatic rings. The van der Waals surface area contributed by atoms with E-state index in [0.29, 0.717) is 6.42 Å². The molecule has 1 atom stereocenters. The Kier molecular flexibility index (Phi) is 5.76. The molecule has 20 heavy (non-hydrogen) atoms. The van der Waals surface area contributed by atoms with Crippen molar-refractivity contribution in [2.45, 2.75) is 65.3 Å². The van der Waals surface area contributed by atoms with Crippen molar-refractivity contribution in [2.24, 2.45) is 0 Å². The van der Waals surface area contributed by atoms with Gasteiger partial charge in [0.2, 0.25) is 0 Å². The van der Waals surface area contributed by atoms with Crippen LogP contribution in [0.25, 0.3) is 0 Å². The van der Waals surface area contributed by atoms with E-state index in [2.05, 4.69) is 58.7 Å². The van der Waals surface area contributed by atoms with E-state index >= 15 is 0 Å². The maximum absolute atomic E-state index is 12.1. The highest BCUT2D eigenvalue weighted by Crippen LogP contribution is 2.38. The zero-order valence-corrected chi connectivity index (χ0v) is 15.2. The maximum Gasteiger partial charge on any atom is 0.192 e. The second-order valence-corrected chi connectivity index (χ2v) is 12.0. The van der Waals surface area contributed by atoms with E-state index in [9.17, 15) is 4.79 Å². The smallest absolute Gasteiger partial charge is 0.192 e. The molecule has 1 aliphatic rings. The van der Waals surface area contributed by atoms with Gasteiger partial charge in [-0.05, 0) is 37.3 Å². The number of carbonyl (C=O) groups excluding carboxylic acids is 1. The average Bonchev–Trinajstić information content (AvgIpc) is 2.64. The summed E-state index contributed by atoms with van der Waals surface area (Å²) in [7, 11) is -1.80. The molecule has 4 heteroatoms. The van der Waals surface area contributed by atoms with Crippen molar-refractivity contribution in [3.63, 3.8) is 0 Å². The standard InChI is InChI=1S/C16H31NO2Si/c1-8-17(9-2)12-13-10-14(11-15(13)18)19-20(6,7)16(3,4)5/h10,14H,8-9,11-12H2,1-7H3/t14-/m1/s1. The van der Waals surface area contributed by atoms with E-state index in [0.717, 1.165) is 25.2 Å². The molecule has 0 unspecified atom stereocenters. The molecule has 0 saturated carbocycles. The number of hydrogen-bond donors (Lipinski definition) is 0. The third-order valence-electron chi connectivity index (χ3n) is 4.67. The predicted molar refractivity (Wildman–Crippen MR) is 87.6 cm³/mol. The first-order valence-electron chi connectivity index (χ1n) is 7.74. The summed E-state index contributed by atoms with van der Waals surface area (Å²) in [6.45, 7) is 18.2. The molecule has 0 bridgehead atoms. The van der Waals surface area contributed by atoms with Crippen LogP contribution in [0.5, 0.6) is 0 Å². The topological polar surface area (TPSA) is 29.5 Å². The molecule has 0 amide bonds. The van der Waals surface area contributed by atoms with Crippen molar-refractivity contribution in [3.05, 3.63) is 11.6 Å². The number of hydrogen-bond acceptors (Lipinski definition) is 3. The van der Waals surface area contributed by atoms with E-state index in [1.54, 1.807) is 0 Å². The minimum absolute atomic E-state index is 0.00560. The van der Waals surface area contributed by atoms with E-state index in [4.69, 9.17) is 4.43 Å². The molecule has 1 aliphatic carbocycles. The molecule has 0 heterocycles. The molecule has 0 N–H and O–H groups in total. The lowest BCUT2D eigenvalue weighted by Gasteiger charge is -2.37. The van der Waals surface area contributed by atoms with Crippen LogP contribution in [0, 0.1) is 0 Å². The lowest BCUT2D eigenvalue weighted by Crippen LogP contribution is -2.43. The fourth-order valence-corrected chi connectivity index (χ4v) is 3.41. The zero-order valence-electron chi connectivity index (χ0n) is 14.2. The largest absolute Gasteiger partial charge is 0.410 e. The predicted octanol–water partition coefficient (Wildman–Crippen LogP) is 3.62. The second-order valence-electron chi connectivity index (χ2n) is 7.20. The van der Waals surface area contributed by atoms with Crippen LogP contribution in [0.2, 0.25) is 18.1 Å². The number of carbonyl (C=O) groups is 1. The van der Waals surface area contributed by atoms with E-state index in [1.807, 2.05) is 0 Å². The van der Waals surface area contributed by atoms with Crippen LogP contribution in [0.1, 0.15) is 41.0 Å². The summed E-state index contributed by atoms with van der Waals surface area (Å²) in [5, 5.41) is 0.186. The zero-order chi connectivity index (χ0) is 15.6. The Morgan fingerprint density at radius 3 is 2.30 bits per heavy atom. The Morgan fingerprint density at radius 2 is 1.85 bits per heavy atom. The van der Waals surface area contributed by atoms with E-state index in [-0.39, 0.29) is 16.9 Å². The monoisotopic (exact) mass is 297 g/mol. The highest BCUT2D eigenvalue weighted by molar-refractivity contribution is 6.74. The van der Waals surface area contributed by atoms with Gasteiger partial charge in [0.15, 0.2) is 14.1 Å². The number of likely N-dealkylation sites (N-methyl/N-ethyl adjacent to an activating group) is 1. The molecule has 0 spiro atoms. The molecular formula is C16H31NO2Si. The minimum atomic E-state index is -1.80. The molecule has 0 aromatic heterocycles. The van der Waals surface area contributed by atoms with Gasteiger partial charge in [0, 0.05) is 18.5 Å². The minimum Gasteiger partial charge on any atom is -0.410 e. The van der Waals surface area contributed by atoms with Crippen molar-refractivity contribution in [1.82, 2.24) is 4.90 Å². The van der Waals surface area contributed by atoms with Gasteiger partial charge in [-0.15, -0.1) is 0 Å². The van der Waals surface area contributed by atoms with Crippen LogP contribution in [0.15, 0.2) is 11.6 Å². The Bertz CT molecular complexity index is 378. The number of Topliss-reactive ketones (excluding diaryl/α,β-unsaturated/α-hetero) is 1. The summed E-state index contributed by atoms with van der Waals surface area (Å²) in [6.07, 6.45) is 2.60. The average molecular weight is 298 g/mol. The van der Waals surface area contributed by atoms with Gasteiger partial charge in [0.25, 0.3) is 0 Å². The highest BCUT2D eigenvalue weighted by Gasteiger charge is 2.40. The molecule has 3 nitrogen and oxygen atoms in total. The van der Waals surface area contributed by atoms with Crippen LogP contribution in [0.3, 0.4) is 0 Å². The van der Waals surface area contributed by atoms with Crippen LogP contribution >= 0.6 is 0 Å². The van der Waals surface area contributed by atoms with Gasteiger partial charge >= 0.3 is 0 Å². The molecule has 0 saturated heterocycles. The van der Waals surface area contributed by atoms with Crippen molar-refractivity contribution in [1.29, 1.82) is 0 Å². The van der Waals surface area contributed by atoms with Crippen LogP contribution in [-0.2, 0) is 9.22 Å². The van der Waals surface area contributed by atoms with Crippen molar-refractivity contribution < 1.29 is 9.22 Å². The van der Waals surface area contributed by atoms with Gasteiger partial charge in [-0.1, -0.05) is 34.6 Å². The lowest BCUT2D eigenvalue weighted by molar-refractivity contribution is -0.116. The number of nitrogens with zero attached hydrogens (tertiary/aromatic N) is 1. The fraction of sp³-hybridized carbons (Fsp3) is 0.812. The van der Waals surface area contributed by atoms with Crippen molar-refractivity contribution >= 4 is 14.1 Å². The summed E-state index contributed by atoms with van der Waals surface area (Å²) in [5.74, 6) is 0.264. The number of rotatable bonds is 6. The van der Waals surface area contributed by atoms with Gasteiger partial charge in [-0.25, -0.2) is 0 Å². The first-order valence-corrected chi connectivity index (χ1v) is 10.7. The number of ketones is 1. The Morgan fingerprint density at radius 1 is 1.30 bits per heavy atom.